The number of aliphatic carboxylic acids is 2. The molecule has 2 heterocycles. The van der Waals surface area contributed by atoms with Crippen LogP contribution in [0.15, 0.2) is 28.9 Å². The molecule has 1 aliphatic carbocycles. The van der Waals surface area contributed by atoms with E-state index in [-0.39, 0.29) is 23.4 Å². The van der Waals surface area contributed by atoms with E-state index < -0.39 is 18.0 Å². The van der Waals surface area contributed by atoms with Gasteiger partial charge in [-0.1, -0.05) is 42.8 Å². The summed E-state index contributed by atoms with van der Waals surface area (Å²) in [6.45, 7) is 7.36. The number of benzene rings is 1. The highest BCUT2D eigenvalue weighted by Crippen LogP contribution is 2.54. The smallest absolute Gasteiger partial charge is 0.325 e. The molecule has 2 bridgehead atoms. The predicted molar refractivity (Wildman–Crippen MR) is 114 cm³/mol. The number of aromatic nitrogens is 1. The van der Waals surface area contributed by atoms with E-state index in [4.69, 9.17) is 0 Å². The molecule has 29 heavy (non-hydrogen) atoms. The van der Waals surface area contributed by atoms with Gasteiger partial charge in [-0.2, -0.15) is 0 Å². The number of carboxylic acid groups (broad SMARTS) is 2. The Morgan fingerprint density at radius 3 is 2.62 bits per heavy atom. The summed E-state index contributed by atoms with van der Waals surface area (Å²) in [6, 6.07) is 5.06. The van der Waals surface area contributed by atoms with E-state index in [0.29, 0.717) is 5.56 Å². The van der Waals surface area contributed by atoms with Crippen molar-refractivity contribution in [3.8, 4) is 0 Å². The monoisotopic (exact) mass is 462 g/mol. The van der Waals surface area contributed by atoms with E-state index in [0.717, 1.165) is 41.2 Å². The summed E-state index contributed by atoms with van der Waals surface area (Å²) in [6.07, 6.45) is 4.80. The van der Waals surface area contributed by atoms with Crippen LogP contribution in [0, 0.1) is 10.8 Å². The molecule has 0 amide bonds. The molecule has 0 unspecified atom stereocenters. The maximum absolute atomic E-state index is 12.5. The van der Waals surface area contributed by atoms with Crippen molar-refractivity contribution in [1.82, 2.24) is 9.47 Å². The molecule has 2 aromatic rings. The van der Waals surface area contributed by atoms with Gasteiger partial charge in [-0.25, -0.2) is 0 Å². The maximum Gasteiger partial charge on any atom is 0.325 e. The van der Waals surface area contributed by atoms with E-state index >= 15 is 0 Å². The highest BCUT2D eigenvalue weighted by molar-refractivity contribution is 9.10. The third kappa shape index (κ3) is 3.70. The van der Waals surface area contributed by atoms with Gasteiger partial charge < -0.3 is 14.8 Å². The van der Waals surface area contributed by atoms with Crippen molar-refractivity contribution < 1.29 is 19.8 Å². The number of halogens is 1. The van der Waals surface area contributed by atoms with Crippen molar-refractivity contribution in [3.63, 3.8) is 0 Å². The highest BCUT2D eigenvalue weighted by atomic mass is 79.9. The Hall–Kier alpha value is -1.86. The van der Waals surface area contributed by atoms with Gasteiger partial charge in [0.15, 0.2) is 0 Å². The second-order valence-electron chi connectivity index (χ2n) is 9.89. The van der Waals surface area contributed by atoms with Gasteiger partial charge in [0.05, 0.1) is 5.52 Å². The fourth-order valence-electron chi connectivity index (χ4n) is 6.05. The average molecular weight is 463 g/mol. The molecule has 0 radical (unpaired) electrons. The maximum atomic E-state index is 12.5. The topological polar surface area (TPSA) is 82.8 Å². The first kappa shape index (κ1) is 20.4. The molecule has 4 rings (SSSR count). The molecule has 1 aliphatic heterocycles. The summed E-state index contributed by atoms with van der Waals surface area (Å²) in [5, 5.41) is 20.4. The molecule has 2 aliphatic rings. The minimum Gasteiger partial charge on any atom is -0.480 e. The van der Waals surface area contributed by atoms with E-state index in [9.17, 15) is 19.8 Å². The second-order valence-corrected chi connectivity index (χ2v) is 10.8. The fraction of sp³-hybridized carbons (Fsp3) is 0.545. The van der Waals surface area contributed by atoms with E-state index in [1.54, 1.807) is 10.8 Å². The van der Waals surface area contributed by atoms with Gasteiger partial charge in [0, 0.05) is 34.2 Å². The highest BCUT2D eigenvalue weighted by Gasteiger charge is 2.52. The first-order valence-corrected chi connectivity index (χ1v) is 10.8. The van der Waals surface area contributed by atoms with Crippen LogP contribution < -0.4 is 0 Å². The van der Waals surface area contributed by atoms with Crippen LogP contribution in [-0.4, -0.2) is 44.2 Å². The lowest BCUT2D eigenvalue weighted by Gasteiger charge is -2.40. The van der Waals surface area contributed by atoms with E-state index in [2.05, 4.69) is 41.6 Å². The lowest BCUT2D eigenvalue weighted by Crippen LogP contribution is -2.39. The molecule has 0 spiro atoms. The third-order valence-corrected chi connectivity index (χ3v) is 6.99. The van der Waals surface area contributed by atoms with Crippen molar-refractivity contribution in [2.75, 3.05) is 6.54 Å². The number of hydrogen-bond acceptors (Lipinski definition) is 3. The lowest BCUT2D eigenvalue weighted by atomic mass is 9.65. The first-order chi connectivity index (χ1) is 13.5. The van der Waals surface area contributed by atoms with Crippen molar-refractivity contribution in [2.45, 2.75) is 58.7 Å². The van der Waals surface area contributed by atoms with Gasteiger partial charge in [-0.3, -0.25) is 14.5 Å². The van der Waals surface area contributed by atoms with Crippen molar-refractivity contribution in [2.24, 2.45) is 10.8 Å². The van der Waals surface area contributed by atoms with Gasteiger partial charge >= 0.3 is 11.9 Å². The molecule has 2 fully saturated rings. The van der Waals surface area contributed by atoms with Crippen molar-refractivity contribution in [1.29, 1.82) is 0 Å². The van der Waals surface area contributed by atoms with E-state index in [1.807, 2.05) is 18.2 Å². The van der Waals surface area contributed by atoms with Crippen LogP contribution in [0.3, 0.4) is 0 Å². The zero-order chi connectivity index (χ0) is 21.1. The molecule has 2 N–H and O–H groups in total. The van der Waals surface area contributed by atoms with Crippen LogP contribution in [0.5, 0.6) is 0 Å². The Kier molecular flexibility index (Phi) is 4.82. The molecule has 156 valence electrons. The lowest BCUT2D eigenvalue weighted by molar-refractivity contribution is -0.144. The summed E-state index contributed by atoms with van der Waals surface area (Å²) >= 11 is 3.44. The Morgan fingerprint density at radius 2 is 1.97 bits per heavy atom. The zero-order valence-corrected chi connectivity index (χ0v) is 18.6. The molecule has 1 saturated carbocycles. The third-order valence-electron chi connectivity index (χ3n) is 6.50. The van der Waals surface area contributed by atoms with Crippen LogP contribution in [0.25, 0.3) is 10.9 Å². The minimum absolute atomic E-state index is 0.114. The largest absolute Gasteiger partial charge is 0.480 e. The van der Waals surface area contributed by atoms with Gasteiger partial charge in [0.25, 0.3) is 0 Å². The van der Waals surface area contributed by atoms with Crippen molar-refractivity contribution in [3.05, 3.63) is 34.4 Å². The van der Waals surface area contributed by atoms with E-state index in [1.165, 1.54) is 0 Å². The number of likely N-dealkylation sites (tertiary alicyclic amines) is 1. The summed E-state index contributed by atoms with van der Waals surface area (Å²) < 4.78 is 2.47. The standard InChI is InChI=1S/C22H27BrN2O4/c1-21(2)7-14-8-22(3,11-21)12-25(14)19(20(28)29)16-9-24(10-18(26)27)17-6-13(23)4-5-15(16)17/h4-6,9,14,19H,7-8,10-12H2,1-3H3,(H,26,27)(H,28,29)/t14-,19+,22-/m1/s1. The predicted octanol–water partition coefficient (Wildman–Crippen LogP) is 4.51. The Morgan fingerprint density at radius 1 is 1.24 bits per heavy atom. The molecule has 7 heteroatoms. The first-order valence-electron chi connectivity index (χ1n) is 9.97. The van der Waals surface area contributed by atoms with Crippen molar-refractivity contribution >= 4 is 38.8 Å². The second kappa shape index (κ2) is 6.84. The Balaban J connectivity index is 1.82. The van der Waals surface area contributed by atoms with Crippen LogP contribution in [0.1, 0.15) is 51.6 Å². The summed E-state index contributed by atoms with van der Waals surface area (Å²) in [4.78, 5) is 26.0. The molecule has 1 aromatic carbocycles. The number of fused-ring (bicyclic) bond motifs is 3. The fourth-order valence-corrected chi connectivity index (χ4v) is 6.40. The van der Waals surface area contributed by atoms with Gasteiger partial charge in [-0.15, -0.1) is 0 Å². The molecule has 1 aromatic heterocycles. The number of rotatable bonds is 5. The summed E-state index contributed by atoms with van der Waals surface area (Å²) in [5.41, 5.74) is 1.71. The minimum atomic E-state index is -0.952. The van der Waals surface area contributed by atoms with Gasteiger partial charge in [0.1, 0.15) is 12.6 Å². The zero-order valence-electron chi connectivity index (χ0n) is 17.0. The van der Waals surface area contributed by atoms with Crippen LogP contribution in [0.2, 0.25) is 0 Å². The van der Waals surface area contributed by atoms with Gasteiger partial charge in [-0.05, 0) is 42.2 Å². The SMILES string of the molecule is CC1(C)C[C@@H]2C[C@@](C)(CN2[C@H](C(=O)O)c2cn(CC(=O)O)c3cc(Br)ccc23)C1. The average Bonchev–Trinajstić information content (AvgIpc) is 3.01. The molecule has 3 atom stereocenters. The number of carboxylic acids is 2. The molecule has 1 saturated heterocycles. The number of hydrogen-bond donors (Lipinski definition) is 2. The van der Waals surface area contributed by atoms with Crippen LogP contribution >= 0.6 is 15.9 Å². The number of carbonyl (C=O) groups is 2. The Bertz CT molecular complexity index is 998. The quantitative estimate of drug-likeness (QED) is 0.682. The van der Waals surface area contributed by atoms with Crippen LogP contribution in [-0.2, 0) is 16.1 Å². The molecular weight excluding hydrogens is 436 g/mol. The molecule has 6 nitrogen and oxygen atoms in total. The summed E-state index contributed by atoms with van der Waals surface area (Å²) in [7, 11) is 0. The van der Waals surface area contributed by atoms with Crippen LogP contribution in [0.4, 0.5) is 0 Å². The normalized spacial score (nSPS) is 27.2. The number of nitrogens with zero attached hydrogens (tertiary/aromatic N) is 2. The Labute approximate surface area is 178 Å². The molecular formula is C22H27BrN2O4. The summed E-state index contributed by atoms with van der Waals surface area (Å²) in [5.74, 6) is -1.83. The van der Waals surface area contributed by atoms with Gasteiger partial charge in [0.2, 0.25) is 0 Å².